The number of imidazole rings is 1. The van der Waals surface area contributed by atoms with Gasteiger partial charge in [0.2, 0.25) is 0 Å². The Labute approximate surface area is 137 Å². The molecule has 1 aliphatic carbocycles. The van der Waals surface area contributed by atoms with Gasteiger partial charge in [-0.3, -0.25) is 4.79 Å². The van der Waals surface area contributed by atoms with E-state index in [-0.39, 0.29) is 5.91 Å². The molecule has 0 saturated carbocycles. The number of benzene rings is 1. The minimum atomic E-state index is 0.183. The lowest BCUT2D eigenvalue weighted by Crippen LogP contribution is -2.40. The van der Waals surface area contributed by atoms with Crippen molar-refractivity contribution in [2.45, 2.75) is 45.1 Å². The number of rotatable bonds is 2. The third-order valence-corrected chi connectivity index (χ3v) is 5.28. The zero-order valence-corrected chi connectivity index (χ0v) is 13.7. The number of hydrogen-bond donors (Lipinski definition) is 0. The number of amides is 1. The molecule has 2 heterocycles. The van der Waals surface area contributed by atoms with Crippen LogP contribution in [0, 0.1) is 6.92 Å². The highest BCUT2D eigenvalue weighted by Gasteiger charge is 2.26. The molecule has 0 spiro atoms. The van der Waals surface area contributed by atoms with E-state index in [1.165, 1.54) is 17.5 Å². The van der Waals surface area contributed by atoms with Crippen LogP contribution in [0.15, 0.2) is 30.6 Å². The first-order valence-electron chi connectivity index (χ1n) is 8.63. The number of carbonyl (C=O) groups is 1. The van der Waals surface area contributed by atoms with Gasteiger partial charge >= 0.3 is 0 Å². The van der Waals surface area contributed by atoms with Crippen LogP contribution in [0.5, 0.6) is 0 Å². The molecule has 1 aromatic heterocycles. The largest absolute Gasteiger partial charge is 0.337 e. The molecule has 4 nitrogen and oxygen atoms in total. The fourth-order valence-corrected chi connectivity index (χ4v) is 4.03. The van der Waals surface area contributed by atoms with Crippen molar-refractivity contribution in [2.75, 3.05) is 13.1 Å². The molecule has 1 aromatic carbocycles. The second-order valence-electron chi connectivity index (χ2n) is 6.77. The Balaban J connectivity index is 1.53. The first-order chi connectivity index (χ1) is 11.2. The van der Waals surface area contributed by atoms with Crippen LogP contribution in [0.2, 0.25) is 0 Å². The Morgan fingerprint density at radius 3 is 2.91 bits per heavy atom. The van der Waals surface area contributed by atoms with E-state index in [4.69, 9.17) is 0 Å². The summed E-state index contributed by atoms with van der Waals surface area (Å²) in [5.41, 5.74) is 3.65. The summed E-state index contributed by atoms with van der Waals surface area (Å²) in [6.07, 6.45) is 9.55. The smallest absolute Gasteiger partial charge is 0.253 e. The van der Waals surface area contributed by atoms with E-state index in [1.54, 1.807) is 0 Å². The van der Waals surface area contributed by atoms with Crippen molar-refractivity contribution in [3.63, 3.8) is 0 Å². The monoisotopic (exact) mass is 309 g/mol. The molecule has 0 N–H and O–H groups in total. The minimum Gasteiger partial charge on any atom is -0.337 e. The Kier molecular flexibility index (Phi) is 3.68. The Bertz CT molecular complexity index is 734. The van der Waals surface area contributed by atoms with E-state index in [0.29, 0.717) is 6.04 Å². The molecule has 1 atom stereocenters. The Morgan fingerprint density at radius 2 is 2.09 bits per heavy atom. The zero-order valence-electron chi connectivity index (χ0n) is 13.7. The van der Waals surface area contributed by atoms with Gasteiger partial charge in [0.05, 0.1) is 6.04 Å². The van der Waals surface area contributed by atoms with Gasteiger partial charge in [-0.2, -0.15) is 0 Å². The molecule has 0 radical (unpaired) electrons. The van der Waals surface area contributed by atoms with Crippen LogP contribution >= 0.6 is 0 Å². The third-order valence-electron chi connectivity index (χ3n) is 5.28. The van der Waals surface area contributed by atoms with Crippen LogP contribution in [0.25, 0.3) is 0 Å². The highest BCUT2D eigenvalue weighted by Crippen LogP contribution is 2.26. The van der Waals surface area contributed by atoms with Crippen molar-refractivity contribution in [3.8, 4) is 0 Å². The predicted octanol–water partition coefficient (Wildman–Crippen LogP) is 3.16. The van der Waals surface area contributed by atoms with Crippen molar-refractivity contribution in [1.82, 2.24) is 14.5 Å². The lowest BCUT2D eigenvalue weighted by Gasteiger charge is -2.34. The summed E-state index contributed by atoms with van der Waals surface area (Å²) in [5, 5.41) is 0. The van der Waals surface area contributed by atoms with E-state index in [1.807, 2.05) is 30.3 Å². The van der Waals surface area contributed by atoms with Crippen LogP contribution in [0.3, 0.4) is 0 Å². The summed E-state index contributed by atoms with van der Waals surface area (Å²) in [6.45, 7) is 3.68. The molecule has 2 aromatic rings. The summed E-state index contributed by atoms with van der Waals surface area (Å²) in [4.78, 5) is 19.2. The topological polar surface area (TPSA) is 38.1 Å². The van der Waals surface area contributed by atoms with Gasteiger partial charge in [0.15, 0.2) is 0 Å². The van der Waals surface area contributed by atoms with Crippen LogP contribution in [-0.4, -0.2) is 33.4 Å². The molecule has 4 heteroatoms. The first-order valence-corrected chi connectivity index (χ1v) is 8.63. The van der Waals surface area contributed by atoms with Gasteiger partial charge in [-0.25, -0.2) is 4.98 Å². The number of aromatic nitrogens is 2. The van der Waals surface area contributed by atoms with Gasteiger partial charge in [0, 0.05) is 31.0 Å². The van der Waals surface area contributed by atoms with Crippen LogP contribution in [-0.2, 0) is 12.8 Å². The standard InChI is InChI=1S/C19H23N3O/c1-14-20-9-11-22(14)18-6-3-10-21(13-18)19(23)17-8-7-15-4-2-5-16(15)12-17/h7-9,11-12,18H,2-6,10,13H2,1H3/t18-/m1/s1. The predicted molar refractivity (Wildman–Crippen MR) is 89.6 cm³/mol. The zero-order chi connectivity index (χ0) is 15.8. The molecule has 1 amide bonds. The van der Waals surface area contributed by atoms with Crippen molar-refractivity contribution in [2.24, 2.45) is 0 Å². The first kappa shape index (κ1) is 14.5. The summed E-state index contributed by atoms with van der Waals surface area (Å²) in [7, 11) is 0. The normalized spacial score (nSPS) is 20.6. The van der Waals surface area contributed by atoms with Gasteiger partial charge in [-0.1, -0.05) is 6.07 Å². The highest BCUT2D eigenvalue weighted by molar-refractivity contribution is 5.94. The quantitative estimate of drug-likeness (QED) is 0.854. The third kappa shape index (κ3) is 2.67. The van der Waals surface area contributed by atoms with Crippen LogP contribution in [0.1, 0.15) is 52.6 Å². The van der Waals surface area contributed by atoms with E-state index in [2.05, 4.69) is 21.7 Å². The van der Waals surface area contributed by atoms with Gasteiger partial charge in [-0.05, 0) is 62.3 Å². The van der Waals surface area contributed by atoms with Crippen LogP contribution < -0.4 is 0 Å². The number of nitrogens with zero attached hydrogens (tertiary/aromatic N) is 3. The number of hydrogen-bond acceptors (Lipinski definition) is 2. The van der Waals surface area contributed by atoms with Crippen molar-refractivity contribution in [3.05, 3.63) is 53.1 Å². The fourth-order valence-electron chi connectivity index (χ4n) is 4.03. The molecule has 4 rings (SSSR count). The van der Waals surface area contributed by atoms with E-state index in [0.717, 1.165) is 50.2 Å². The molecular formula is C19H23N3O. The molecule has 0 bridgehead atoms. The maximum atomic E-state index is 12.9. The minimum absolute atomic E-state index is 0.183. The summed E-state index contributed by atoms with van der Waals surface area (Å²) in [6, 6.07) is 6.64. The van der Waals surface area contributed by atoms with Gasteiger partial charge < -0.3 is 9.47 Å². The summed E-state index contributed by atoms with van der Waals surface area (Å²) in [5.74, 6) is 1.21. The molecule has 0 unspecified atom stereocenters. The lowest BCUT2D eigenvalue weighted by molar-refractivity contribution is 0.0678. The van der Waals surface area contributed by atoms with E-state index in [9.17, 15) is 4.79 Å². The number of fused-ring (bicyclic) bond motifs is 1. The molecule has 2 aliphatic rings. The van der Waals surface area contributed by atoms with Gasteiger partial charge in [0.1, 0.15) is 5.82 Å². The Hall–Kier alpha value is -2.10. The number of aryl methyl sites for hydroxylation is 3. The number of piperidine rings is 1. The summed E-state index contributed by atoms with van der Waals surface area (Å²) >= 11 is 0. The van der Waals surface area contributed by atoms with Crippen molar-refractivity contribution < 1.29 is 4.79 Å². The second-order valence-corrected chi connectivity index (χ2v) is 6.77. The molecule has 120 valence electrons. The number of likely N-dealkylation sites (tertiary alicyclic amines) is 1. The van der Waals surface area contributed by atoms with Gasteiger partial charge in [-0.15, -0.1) is 0 Å². The molecule has 1 fully saturated rings. The van der Waals surface area contributed by atoms with Crippen molar-refractivity contribution >= 4 is 5.91 Å². The average Bonchev–Trinajstić information content (AvgIpc) is 3.22. The Morgan fingerprint density at radius 1 is 1.22 bits per heavy atom. The summed E-state index contributed by atoms with van der Waals surface area (Å²) < 4.78 is 2.21. The highest BCUT2D eigenvalue weighted by atomic mass is 16.2. The van der Waals surface area contributed by atoms with E-state index >= 15 is 0 Å². The van der Waals surface area contributed by atoms with E-state index < -0.39 is 0 Å². The number of carbonyl (C=O) groups excluding carboxylic acids is 1. The average molecular weight is 309 g/mol. The van der Waals surface area contributed by atoms with Gasteiger partial charge in [0.25, 0.3) is 5.91 Å². The molecule has 1 aliphatic heterocycles. The second kappa shape index (κ2) is 5.84. The van der Waals surface area contributed by atoms with Crippen molar-refractivity contribution in [1.29, 1.82) is 0 Å². The maximum absolute atomic E-state index is 12.9. The fraction of sp³-hybridized carbons (Fsp3) is 0.474. The maximum Gasteiger partial charge on any atom is 0.253 e. The lowest BCUT2D eigenvalue weighted by atomic mass is 10.0. The van der Waals surface area contributed by atoms with Crippen LogP contribution in [0.4, 0.5) is 0 Å². The molecular weight excluding hydrogens is 286 g/mol. The SMILES string of the molecule is Cc1nccn1[C@@H]1CCCN(C(=O)c2ccc3c(c2)CCC3)C1. The molecule has 1 saturated heterocycles. The molecule has 23 heavy (non-hydrogen) atoms.